The normalized spacial score (nSPS) is 22.0. The van der Waals surface area contributed by atoms with Crippen molar-refractivity contribution in [2.24, 2.45) is 5.73 Å². The van der Waals surface area contributed by atoms with Crippen molar-refractivity contribution in [1.29, 1.82) is 0 Å². The number of thiophene rings is 1. The molecule has 96 valence electrons. The van der Waals surface area contributed by atoms with Crippen LogP contribution in [-0.2, 0) is 0 Å². The Kier molecular flexibility index (Phi) is 5.35. The van der Waals surface area contributed by atoms with E-state index in [0.29, 0.717) is 6.04 Å². The van der Waals surface area contributed by atoms with Gasteiger partial charge in [0.15, 0.2) is 0 Å². The molecule has 1 aliphatic rings. The summed E-state index contributed by atoms with van der Waals surface area (Å²) in [6.45, 7) is 4.57. The van der Waals surface area contributed by atoms with Gasteiger partial charge in [0.2, 0.25) is 0 Å². The van der Waals surface area contributed by atoms with E-state index in [0.717, 1.165) is 6.42 Å². The zero-order chi connectivity index (χ0) is 12.1. The lowest BCUT2D eigenvalue weighted by Crippen LogP contribution is -2.41. The van der Waals surface area contributed by atoms with Crippen LogP contribution in [0.5, 0.6) is 0 Å². The monoisotopic (exact) mass is 270 g/mol. The van der Waals surface area contributed by atoms with Crippen LogP contribution < -0.4 is 5.73 Å². The smallest absolute Gasteiger partial charge is 0.0593 e. The van der Waals surface area contributed by atoms with Crippen LogP contribution in [0.2, 0.25) is 0 Å². The van der Waals surface area contributed by atoms with Gasteiger partial charge in [-0.05, 0) is 36.6 Å². The van der Waals surface area contributed by atoms with E-state index < -0.39 is 0 Å². The van der Waals surface area contributed by atoms with E-state index >= 15 is 0 Å². The Morgan fingerprint density at radius 3 is 3.00 bits per heavy atom. The number of hydrogen-bond donors (Lipinski definition) is 1. The standard InChI is InChI=1S/C13H22N2S2/c1-2-11(14)13(12-5-3-9-17-12)15-6-4-8-16-10-7-15/h3,5,9,11,13H,2,4,6-8,10,14H2,1H3. The maximum atomic E-state index is 6.35. The lowest BCUT2D eigenvalue weighted by molar-refractivity contribution is 0.185. The summed E-state index contributed by atoms with van der Waals surface area (Å²) in [5.41, 5.74) is 6.35. The summed E-state index contributed by atoms with van der Waals surface area (Å²) in [6.07, 6.45) is 2.34. The molecule has 0 aromatic carbocycles. The second-order valence-electron chi connectivity index (χ2n) is 4.53. The van der Waals surface area contributed by atoms with Crippen molar-refractivity contribution in [2.45, 2.75) is 31.8 Å². The Labute approximate surface area is 113 Å². The quantitative estimate of drug-likeness (QED) is 0.912. The van der Waals surface area contributed by atoms with Gasteiger partial charge in [-0.3, -0.25) is 4.90 Å². The minimum atomic E-state index is 0.261. The van der Waals surface area contributed by atoms with Gasteiger partial charge >= 0.3 is 0 Å². The largest absolute Gasteiger partial charge is 0.326 e. The summed E-state index contributed by atoms with van der Waals surface area (Å²) >= 11 is 3.92. The van der Waals surface area contributed by atoms with Crippen LogP contribution in [0.3, 0.4) is 0 Å². The van der Waals surface area contributed by atoms with Gasteiger partial charge in [0.1, 0.15) is 0 Å². The molecule has 1 saturated heterocycles. The van der Waals surface area contributed by atoms with Crippen LogP contribution in [0, 0.1) is 0 Å². The lowest BCUT2D eigenvalue weighted by atomic mass is 10.0. The van der Waals surface area contributed by atoms with Crippen molar-refractivity contribution in [3.63, 3.8) is 0 Å². The highest BCUT2D eigenvalue weighted by atomic mass is 32.2. The second-order valence-corrected chi connectivity index (χ2v) is 6.74. The van der Waals surface area contributed by atoms with Gasteiger partial charge in [-0.25, -0.2) is 0 Å². The van der Waals surface area contributed by atoms with Crippen LogP contribution >= 0.6 is 23.1 Å². The van der Waals surface area contributed by atoms with E-state index in [4.69, 9.17) is 5.73 Å². The van der Waals surface area contributed by atoms with Crippen molar-refractivity contribution in [1.82, 2.24) is 4.90 Å². The molecule has 1 aromatic rings. The molecule has 4 heteroatoms. The summed E-state index contributed by atoms with van der Waals surface area (Å²) in [5.74, 6) is 2.55. The molecule has 1 fully saturated rings. The highest BCUT2D eigenvalue weighted by Gasteiger charge is 2.26. The molecular weight excluding hydrogens is 248 g/mol. The zero-order valence-electron chi connectivity index (χ0n) is 10.5. The third kappa shape index (κ3) is 3.47. The molecule has 2 N–H and O–H groups in total. The molecule has 0 bridgehead atoms. The highest BCUT2D eigenvalue weighted by Crippen LogP contribution is 2.30. The number of nitrogens with two attached hydrogens (primary N) is 1. The summed E-state index contributed by atoms with van der Waals surface area (Å²) in [5, 5.41) is 2.16. The molecule has 0 radical (unpaired) electrons. The first-order valence-corrected chi connectivity index (χ1v) is 8.47. The third-order valence-corrected chi connectivity index (χ3v) is 5.35. The molecular formula is C13H22N2S2. The Hall–Kier alpha value is -0.0300. The summed E-state index contributed by atoms with van der Waals surface area (Å²) in [7, 11) is 0. The predicted molar refractivity (Wildman–Crippen MR) is 78.8 cm³/mol. The molecule has 2 rings (SSSR count). The molecule has 2 atom stereocenters. The molecule has 0 spiro atoms. The van der Waals surface area contributed by atoms with Crippen molar-refractivity contribution in [3.05, 3.63) is 22.4 Å². The molecule has 0 saturated carbocycles. The number of rotatable bonds is 4. The third-order valence-electron chi connectivity index (χ3n) is 3.36. The molecule has 1 aliphatic heterocycles. The van der Waals surface area contributed by atoms with Crippen molar-refractivity contribution >= 4 is 23.1 Å². The zero-order valence-corrected chi connectivity index (χ0v) is 12.1. The molecule has 1 aromatic heterocycles. The fraction of sp³-hybridized carbons (Fsp3) is 0.692. The Bertz CT molecular complexity index is 305. The average Bonchev–Trinajstić information content (AvgIpc) is 2.73. The van der Waals surface area contributed by atoms with Crippen molar-refractivity contribution in [2.75, 3.05) is 24.6 Å². The number of nitrogens with zero attached hydrogens (tertiary/aromatic N) is 1. The van der Waals surface area contributed by atoms with Crippen LogP contribution in [-0.4, -0.2) is 35.5 Å². The van der Waals surface area contributed by atoms with E-state index in [1.54, 1.807) is 0 Å². The van der Waals surface area contributed by atoms with Crippen molar-refractivity contribution < 1.29 is 0 Å². The van der Waals surface area contributed by atoms with Gasteiger partial charge in [-0.2, -0.15) is 11.8 Å². The van der Waals surface area contributed by atoms with Gasteiger partial charge < -0.3 is 5.73 Å². The summed E-state index contributed by atoms with van der Waals surface area (Å²) in [6, 6.07) is 5.07. The first-order chi connectivity index (χ1) is 8.33. The van der Waals surface area contributed by atoms with Gasteiger partial charge in [0.25, 0.3) is 0 Å². The van der Waals surface area contributed by atoms with Crippen LogP contribution in [0.15, 0.2) is 17.5 Å². The summed E-state index contributed by atoms with van der Waals surface area (Å²) < 4.78 is 0. The highest BCUT2D eigenvalue weighted by molar-refractivity contribution is 7.99. The molecule has 2 nitrogen and oxygen atoms in total. The fourth-order valence-corrected chi connectivity index (χ4v) is 4.22. The van der Waals surface area contributed by atoms with E-state index in [2.05, 4.69) is 41.1 Å². The maximum absolute atomic E-state index is 6.35. The average molecular weight is 270 g/mol. The van der Waals surface area contributed by atoms with Gasteiger partial charge in [-0.15, -0.1) is 11.3 Å². The van der Waals surface area contributed by atoms with Crippen LogP contribution in [0.4, 0.5) is 0 Å². The summed E-state index contributed by atoms with van der Waals surface area (Å²) in [4.78, 5) is 4.03. The second kappa shape index (κ2) is 6.78. The molecule has 0 amide bonds. The molecule has 2 unspecified atom stereocenters. The maximum Gasteiger partial charge on any atom is 0.0593 e. The lowest BCUT2D eigenvalue weighted by Gasteiger charge is -2.33. The topological polar surface area (TPSA) is 29.3 Å². The number of hydrogen-bond acceptors (Lipinski definition) is 4. The van der Waals surface area contributed by atoms with E-state index in [9.17, 15) is 0 Å². The molecule has 17 heavy (non-hydrogen) atoms. The minimum Gasteiger partial charge on any atom is -0.326 e. The fourth-order valence-electron chi connectivity index (χ4n) is 2.39. The molecule has 0 aliphatic carbocycles. The Balaban J connectivity index is 2.14. The van der Waals surface area contributed by atoms with Crippen LogP contribution in [0.25, 0.3) is 0 Å². The predicted octanol–water partition coefficient (Wildman–Crippen LogP) is 2.97. The SMILES string of the molecule is CCC(N)C(c1cccs1)N1CCCSCC1. The van der Waals surface area contributed by atoms with E-state index in [1.807, 2.05) is 11.3 Å². The van der Waals surface area contributed by atoms with E-state index in [1.165, 1.54) is 35.9 Å². The van der Waals surface area contributed by atoms with Gasteiger partial charge in [0.05, 0.1) is 6.04 Å². The van der Waals surface area contributed by atoms with Gasteiger partial charge in [-0.1, -0.05) is 13.0 Å². The van der Waals surface area contributed by atoms with Crippen LogP contribution in [0.1, 0.15) is 30.7 Å². The van der Waals surface area contributed by atoms with E-state index in [-0.39, 0.29) is 6.04 Å². The number of thioether (sulfide) groups is 1. The first kappa shape index (κ1) is 13.4. The van der Waals surface area contributed by atoms with Crippen molar-refractivity contribution in [3.8, 4) is 0 Å². The Morgan fingerprint density at radius 2 is 2.29 bits per heavy atom. The first-order valence-electron chi connectivity index (χ1n) is 6.43. The molecule has 2 heterocycles. The Morgan fingerprint density at radius 1 is 1.41 bits per heavy atom. The van der Waals surface area contributed by atoms with Gasteiger partial charge in [0, 0.05) is 23.2 Å². The minimum absolute atomic E-state index is 0.261.